The number of nitrogens with one attached hydrogen (secondary N) is 3. The molecule has 104 valence electrons. The highest BCUT2D eigenvalue weighted by molar-refractivity contribution is 5.94. The fourth-order valence-corrected chi connectivity index (χ4v) is 1.15. The van der Waals surface area contributed by atoms with Gasteiger partial charge in [0.05, 0.1) is 18.9 Å². The average molecular weight is 266 g/mol. The topological polar surface area (TPSA) is 122 Å². The lowest BCUT2D eigenvalue weighted by atomic mass is 10.2. The zero-order valence-corrected chi connectivity index (χ0v) is 10.9. The molecular weight excluding hydrogens is 248 g/mol. The first-order chi connectivity index (χ1) is 9.02. The standard InChI is InChI=1S/C11H18N6O2/c1-7(2)3-15-10(18)6-16-11(19)8-4-14-9(17-12)5-13-8/h4-5,7H,3,6,12H2,1-2H3,(H,14,17)(H,15,18)(H,16,19). The van der Waals surface area contributed by atoms with Crippen LogP contribution in [-0.4, -0.2) is 34.9 Å². The summed E-state index contributed by atoms with van der Waals surface area (Å²) in [5.41, 5.74) is 2.42. The van der Waals surface area contributed by atoms with Crippen LogP contribution in [0.1, 0.15) is 24.3 Å². The van der Waals surface area contributed by atoms with Gasteiger partial charge in [-0.3, -0.25) is 9.59 Å². The Morgan fingerprint density at radius 1 is 1.26 bits per heavy atom. The number of carbonyl (C=O) groups excluding carboxylic acids is 2. The number of hydrogen-bond donors (Lipinski definition) is 4. The fraction of sp³-hybridized carbons (Fsp3) is 0.455. The zero-order chi connectivity index (χ0) is 14.3. The number of nitrogens with zero attached hydrogens (tertiary/aromatic N) is 2. The first kappa shape index (κ1) is 14.8. The van der Waals surface area contributed by atoms with Crippen molar-refractivity contribution < 1.29 is 9.59 Å². The summed E-state index contributed by atoms with van der Waals surface area (Å²) in [6, 6.07) is 0. The first-order valence-electron chi connectivity index (χ1n) is 5.86. The van der Waals surface area contributed by atoms with Crippen LogP contribution in [0.25, 0.3) is 0 Å². The molecule has 0 radical (unpaired) electrons. The summed E-state index contributed by atoms with van der Waals surface area (Å²) in [5.74, 6) is 5.14. The number of aromatic nitrogens is 2. The van der Waals surface area contributed by atoms with Gasteiger partial charge < -0.3 is 16.1 Å². The highest BCUT2D eigenvalue weighted by Gasteiger charge is 2.09. The molecule has 0 aromatic carbocycles. The predicted octanol–water partition coefficient (Wildman–Crippen LogP) is -0.736. The van der Waals surface area contributed by atoms with Crippen LogP contribution in [0.3, 0.4) is 0 Å². The third-order valence-electron chi connectivity index (χ3n) is 2.15. The molecule has 0 spiro atoms. The number of anilines is 1. The second kappa shape index (κ2) is 7.27. The Bertz CT molecular complexity index is 431. The molecule has 0 aliphatic carbocycles. The Morgan fingerprint density at radius 3 is 2.53 bits per heavy atom. The van der Waals surface area contributed by atoms with Crippen molar-refractivity contribution in [3.8, 4) is 0 Å². The first-order valence-corrected chi connectivity index (χ1v) is 5.86. The second-order valence-electron chi connectivity index (χ2n) is 4.31. The third-order valence-corrected chi connectivity index (χ3v) is 2.15. The Morgan fingerprint density at radius 2 is 2.00 bits per heavy atom. The molecule has 0 fully saturated rings. The van der Waals surface area contributed by atoms with Crippen molar-refractivity contribution in [3.05, 3.63) is 18.1 Å². The van der Waals surface area contributed by atoms with Gasteiger partial charge in [-0.15, -0.1) is 0 Å². The van der Waals surface area contributed by atoms with E-state index in [0.717, 1.165) is 0 Å². The van der Waals surface area contributed by atoms with Crippen molar-refractivity contribution in [2.45, 2.75) is 13.8 Å². The molecule has 0 saturated carbocycles. The van der Waals surface area contributed by atoms with Crippen molar-refractivity contribution in [2.24, 2.45) is 11.8 Å². The summed E-state index contributed by atoms with van der Waals surface area (Å²) in [6.07, 6.45) is 2.60. The number of rotatable bonds is 6. The van der Waals surface area contributed by atoms with E-state index in [-0.39, 0.29) is 18.1 Å². The summed E-state index contributed by atoms with van der Waals surface area (Å²) in [5, 5.41) is 5.15. The van der Waals surface area contributed by atoms with Gasteiger partial charge in [-0.2, -0.15) is 0 Å². The van der Waals surface area contributed by atoms with Gasteiger partial charge in [0.15, 0.2) is 5.82 Å². The molecule has 8 heteroatoms. The lowest BCUT2D eigenvalue weighted by Crippen LogP contribution is -2.38. The van der Waals surface area contributed by atoms with Crippen LogP contribution in [0.2, 0.25) is 0 Å². The third kappa shape index (κ3) is 5.30. The van der Waals surface area contributed by atoms with E-state index >= 15 is 0 Å². The summed E-state index contributed by atoms with van der Waals surface area (Å²) in [4.78, 5) is 30.7. The van der Waals surface area contributed by atoms with Crippen LogP contribution in [0, 0.1) is 5.92 Å². The minimum absolute atomic E-state index is 0.0931. The number of nitrogen functional groups attached to an aromatic ring is 1. The lowest BCUT2D eigenvalue weighted by molar-refractivity contribution is -0.120. The van der Waals surface area contributed by atoms with Gasteiger partial charge in [0, 0.05) is 6.54 Å². The molecule has 0 aliphatic heterocycles. The lowest BCUT2D eigenvalue weighted by Gasteiger charge is -2.08. The van der Waals surface area contributed by atoms with E-state index in [2.05, 4.69) is 26.0 Å². The van der Waals surface area contributed by atoms with Gasteiger partial charge in [0.2, 0.25) is 5.91 Å². The molecular formula is C11H18N6O2. The van der Waals surface area contributed by atoms with E-state index in [1.54, 1.807) is 0 Å². The van der Waals surface area contributed by atoms with Crippen molar-refractivity contribution in [1.29, 1.82) is 0 Å². The molecule has 8 nitrogen and oxygen atoms in total. The largest absolute Gasteiger partial charge is 0.354 e. The molecule has 0 unspecified atom stereocenters. The number of carbonyl (C=O) groups is 2. The number of hydrazine groups is 1. The molecule has 0 saturated heterocycles. The minimum atomic E-state index is -0.462. The van der Waals surface area contributed by atoms with Gasteiger partial charge in [0.25, 0.3) is 5.91 Å². The maximum Gasteiger partial charge on any atom is 0.271 e. The molecule has 0 bridgehead atoms. The fourth-order valence-electron chi connectivity index (χ4n) is 1.15. The Kier molecular flexibility index (Phi) is 5.68. The van der Waals surface area contributed by atoms with Crippen LogP contribution in [0.15, 0.2) is 12.4 Å². The molecule has 1 aromatic rings. The normalized spacial score (nSPS) is 10.1. The van der Waals surface area contributed by atoms with E-state index < -0.39 is 5.91 Å². The van der Waals surface area contributed by atoms with E-state index in [9.17, 15) is 9.59 Å². The average Bonchev–Trinajstić information content (AvgIpc) is 2.42. The van der Waals surface area contributed by atoms with Gasteiger partial charge in [-0.1, -0.05) is 13.8 Å². The molecule has 5 N–H and O–H groups in total. The van der Waals surface area contributed by atoms with Crippen molar-refractivity contribution >= 4 is 17.6 Å². The molecule has 1 aromatic heterocycles. The summed E-state index contributed by atoms with van der Waals surface area (Å²) >= 11 is 0. The molecule has 0 aliphatic rings. The molecule has 1 heterocycles. The summed E-state index contributed by atoms with van der Waals surface area (Å²) in [6.45, 7) is 4.46. The van der Waals surface area contributed by atoms with Crippen LogP contribution in [-0.2, 0) is 4.79 Å². The highest BCUT2D eigenvalue weighted by Crippen LogP contribution is 1.98. The smallest absolute Gasteiger partial charge is 0.271 e. The quantitative estimate of drug-likeness (QED) is 0.397. The van der Waals surface area contributed by atoms with Crippen LogP contribution in [0.4, 0.5) is 5.82 Å². The molecule has 0 atom stereocenters. The van der Waals surface area contributed by atoms with E-state index in [1.165, 1.54) is 12.4 Å². The number of nitrogens with two attached hydrogens (primary N) is 1. The van der Waals surface area contributed by atoms with Crippen molar-refractivity contribution in [1.82, 2.24) is 20.6 Å². The number of hydrogen-bond acceptors (Lipinski definition) is 6. The zero-order valence-electron chi connectivity index (χ0n) is 10.9. The molecule has 1 rings (SSSR count). The summed E-state index contributed by atoms with van der Waals surface area (Å²) < 4.78 is 0. The van der Waals surface area contributed by atoms with Gasteiger partial charge in [0.1, 0.15) is 5.69 Å². The molecule has 19 heavy (non-hydrogen) atoms. The van der Waals surface area contributed by atoms with Crippen molar-refractivity contribution in [3.63, 3.8) is 0 Å². The van der Waals surface area contributed by atoms with E-state index in [0.29, 0.717) is 18.3 Å². The second-order valence-corrected chi connectivity index (χ2v) is 4.31. The van der Waals surface area contributed by atoms with Crippen LogP contribution >= 0.6 is 0 Å². The van der Waals surface area contributed by atoms with Gasteiger partial charge >= 0.3 is 0 Å². The van der Waals surface area contributed by atoms with Gasteiger partial charge in [-0.25, -0.2) is 15.8 Å². The maximum atomic E-state index is 11.6. The van der Waals surface area contributed by atoms with Crippen molar-refractivity contribution in [2.75, 3.05) is 18.5 Å². The highest BCUT2D eigenvalue weighted by atomic mass is 16.2. The number of amides is 2. The predicted molar refractivity (Wildman–Crippen MR) is 70.0 cm³/mol. The Balaban J connectivity index is 2.40. The Hall–Kier alpha value is -2.22. The monoisotopic (exact) mass is 266 g/mol. The van der Waals surface area contributed by atoms with E-state index in [4.69, 9.17) is 5.84 Å². The maximum absolute atomic E-state index is 11.6. The van der Waals surface area contributed by atoms with Crippen LogP contribution in [0.5, 0.6) is 0 Å². The summed E-state index contributed by atoms with van der Waals surface area (Å²) in [7, 11) is 0. The van der Waals surface area contributed by atoms with E-state index in [1.807, 2.05) is 13.8 Å². The van der Waals surface area contributed by atoms with Crippen LogP contribution < -0.4 is 21.9 Å². The SMILES string of the molecule is CC(C)CNC(=O)CNC(=O)c1cnc(NN)cn1. The molecule has 2 amide bonds. The Labute approximate surface area is 111 Å². The van der Waals surface area contributed by atoms with Gasteiger partial charge in [-0.05, 0) is 5.92 Å². The minimum Gasteiger partial charge on any atom is -0.354 e.